The van der Waals surface area contributed by atoms with Crippen LogP contribution in [0.5, 0.6) is 11.5 Å². The van der Waals surface area contributed by atoms with Crippen molar-refractivity contribution in [3.05, 3.63) is 53.6 Å². The summed E-state index contributed by atoms with van der Waals surface area (Å²) < 4.78 is 10.0. The Labute approximate surface area is 175 Å². The van der Waals surface area contributed by atoms with Crippen LogP contribution in [-0.2, 0) is 9.53 Å². The highest BCUT2D eigenvalue weighted by atomic mass is 16.5. The summed E-state index contributed by atoms with van der Waals surface area (Å²) in [5.74, 6) is -0.207. The van der Waals surface area contributed by atoms with E-state index < -0.39 is 12.0 Å². The molecule has 0 radical (unpaired) electrons. The Kier molecular flexibility index (Phi) is 6.90. The number of nitrogens with zero attached hydrogens (tertiary/aromatic N) is 2. The van der Waals surface area contributed by atoms with Crippen molar-refractivity contribution in [3.8, 4) is 11.5 Å². The third kappa shape index (κ3) is 5.08. The summed E-state index contributed by atoms with van der Waals surface area (Å²) in [5.41, 5.74) is 1.61. The lowest BCUT2D eigenvalue weighted by Crippen LogP contribution is -2.36. The molecule has 0 bridgehead atoms. The molecular formula is C22H25N3O5. The first-order valence-electron chi connectivity index (χ1n) is 9.77. The van der Waals surface area contributed by atoms with E-state index in [9.17, 15) is 14.7 Å². The van der Waals surface area contributed by atoms with Gasteiger partial charge in [0.15, 0.2) is 11.5 Å². The zero-order chi connectivity index (χ0) is 21.5. The Balaban J connectivity index is 1.66. The van der Waals surface area contributed by atoms with Gasteiger partial charge in [0.1, 0.15) is 6.04 Å². The van der Waals surface area contributed by atoms with Gasteiger partial charge in [-0.3, -0.25) is 9.80 Å². The monoisotopic (exact) mass is 411 g/mol. The number of methoxy groups -OCH3 is 1. The Morgan fingerprint density at radius 1 is 1.30 bits per heavy atom. The number of carbonyl (C=O) groups is 2. The second-order valence-electron chi connectivity index (χ2n) is 6.79. The zero-order valence-corrected chi connectivity index (χ0v) is 17.0. The smallest absolute Gasteiger partial charge is 0.338 e. The summed E-state index contributed by atoms with van der Waals surface area (Å²) in [6.45, 7) is 2.68. The van der Waals surface area contributed by atoms with E-state index >= 15 is 0 Å². The van der Waals surface area contributed by atoms with Crippen LogP contribution in [0.25, 0.3) is 0 Å². The fraction of sp³-hybridized carbons (Fsp3) is 0.318. The molecule has 8 nitrogen and oxygen atoms in total. The molecule has 1 saturated heterocycles. The number of rotatable bonds is 7. The average molecular weight is 411 g/mol. The molecule has 1 heterocycles. The van der Waals surface area contributed by atoms with Crippen molar-refractivity contribution >= 4 is 23.8 Å². The van der Waals surface area contributed by atoms with Crippen molar-refractivity contribution in [3.63, 3.8) is 0 Å². The average Bonchev–Trinajstić information content (AvgIpc) is 3.21. The summed E-state index contributed by atoms with van der Waals surface area (Å²) in [6, 6.07) is 11.2. The largest absolute Gasteiger partial charge is 0.504 e. The van der Waals surface area contributed by atoms with Gasteiger partial charge in [-0.15, -0.1) is 0 Å². The first kappa shape index (κ1) is 21.2. The molecule has 0 saturated carbocycles. The number of nitrogens with one attached hydrogen (secondary N) is 1. The summed E-state index contributed by atoms with van der Waals surface area (Å²) in [6.07, 6.45) is 3.12. The van der Waals surface area contributed by atoms with E-state index in [4.69, 9.17) is 9.47 Å². The molecule has 8 heteroatoms. The number of benzene rings is 2. The minimum Gasteiger partial charge on any atom is -0.504 e. The summed E-state index contributed by atoms with van der Waals surface area (Å²) in [5, 5.41) is 18.9. The molecule has 3 rings (SSSR count). The number of aromatic hydroxyl groups is 1. The third-order valence-electron chi connectivity index (χ3n) is 4.73. The van der Waals surface area contributed by atoms with E-state index in [0.29, 0.717) is 35.5 Å². The van der Waals surface area contributed by atoms with E-state index in [1.807, 2.05) is 0 Å². The Morgan fingerprint density at radius 3 is 2.87 bits per heavy atom. The van der Waals surface area contributed by atoms with Gasteiger partial charge in [0.05, 0.1) is 25.5 Å². The van der Waals surface area contributed by atoms with Gasteiger partial charge in [0, 0.05) is 12.2 Å². The number of phenolic OH excluding ortho intramolecular Hbond substituents is 1. The van der Waals surface area contributed by atoms with Crippen LogP contribution in [0.4, 0.5) is 5.69 Å². The molecule has 1 amide bonds. The molecule has 2 aromatic rings. The molecule has 0 spiro atoms. The first-order chi connectivity index (χ1) is 14.5. The standard InChI is InChI=1S/C22H25N3O5/c1-3-30-22(28)16-6-4-7-17(13-16)24-21(27)18-8-5-11-25(18)23-14-15-9-10-20(29-2)19(26)12-15/h4,6-7,9-10,12-14,18,26H,3,5,8,11H2,1-2H3,(H,24,27)/b23-14+. The van der Waals surface area contributed by atoms with Crippen LogP contribution >= 0.6 is 0 Å². The first-order valence-corrected chi connectivity index (χ1v) is 9.77. The number of esters is 1. The predicted molar refractivity (Wildman–Crippen MR) is 113 cm³/mol. The molecule has 1 aliphatic rings. The van der Waals surface area contributed by atoms with Crippen LogP contribution in [0.1, 0.15) is 35.7 Å². The number of hydrogen-bond donors (Lipinski definition) is 2. The van der Waals surface area contributed by atoms with E-state index in [1.165, 1.54) is 7.11 Å². The lowest BCUT2D eigenvalue weighted by Gasteiger charge is -2.20. The molecule has 1 aliphatic heterocycles. The van der Waals surface area contributed by atoms with E-state index in [2.05, 4.69) is 10.4 Å². The second-order valence-corrected chi connectivity index (χ2v) is 6.79. The number of amides is 1. The van der Waals surface area contributed by atoms with E-state index in [-0.39, 0.29) is 18.3 Å². The van der Waals surface area contributed by atoms with Crippen LogP contribution in [0.3, 0.4) is 0 Å². The molecule has 158 valence electrons. The van der Waals surface area contributed by atoms with Crippen molar-refractivity contribution in [1.82, 2.24) is 5.01 Å². The molecule has 1 fully saturated rings. The van der Waals surface area contributed by atoms with Crippen LogP contribution in [-0.4, -0.2) is 54.5 Å². The van der Waals surface area contributed by atoms with Gasteiger partial charge >= 0.3 is 5.97 Å². The normalized spacial score (nSPS) is 15.9. The molecule has 1 atom stereocenters. The molecule has 2 aromatic carbocycles. The van der Waals surface area contributed by atoms with Gasteiger partial charge in [-0.25, -0.2) is 4.79 Å². The molecule has 0 aliphatic carbocycles. The molecular weight excluding hydrogens is 386 g/mol. The number of carbonyl (C=O) groups excluding carboxylic acids is 2. The number of anilines is 1. The lowest BCUT2D eigenvalue weighted by atomic mass is 10.1. The fourth-order valence-electron chi connectivity index (χ4n) is 3.25. The van der Waals surface area contributed by atoms with Gasteiger partial charge in [0.25, 0.3) is 0 Å². The van der Waals surface area contributed by atoms with Gasteiger partial charge in [-0.1, -0.05) is 6.07 Å². The minimum absolute atomic E-state index is 0.0265. The fourth-order valence-corrected chi connectivity index (χ4v) is 3.25. The minimum atomic E-state index is -0.427. The number of ether oxygens (including phenoxy) is 2. The maximum atomic E-state index is 12.8. The molecule has 1 unspecified atom stereocenters. The van der Waals surface area contributed by atoms with Crippen molar-refractivity contribution < 1.29 is 24.2 Å². The highest BCUT2D eigenvalue weighted by molar-refractivity contribution is 5.97. The SMILES string of the molecule is CCOC(=O)c1cccc(NC(=O)C2CCCN2/N=C/c2ccc(OC)c(O)c2)c1. The summed E-state index contributed by atoms with van der Waals surface area (Å²) >= 11 is 0. The maximum absolute atomic E-state index is 12.8. The van der Waals surface area contributed by atoms with E-state index in [1.54, 1.807) is 60.6 Å². The van der Waals surface area contributed by atoms with Gasteiger partial charge in [-0.2, -0.15) is 5.10 Å². The third-order valence-corrected chi connectivity index (χ3v) is 4.73. The second kappa shape index (κ2) is 9.78. The Morgan fingerprint density at radius 2 is 2.13 bits per heavy atom. The van der Waals surface area contributed by atoms with E-state index in [0.717, 1.165) is 6.42 Å². The highest BCUT2D eigenvalue weighted by Crippen LogP contribution is 2.26. The topological polar surface area (TPSA) is 100 Å². The van der Waals surface area contributed by atoms with Crippen molar-refractivity contribution in [2.45, 2.75) is 25.8 Å². The van der Waals surface area contributed by atoms with Crippen LogP contribution in [0.2, 0.25) is 0 Å². The zero-order valence-electron chi connectivity index (χ0n) is 17.0. The lowest BCUT2D eigenvalue weighted by molar-refractivity contribution is -0.120. The van der Waals surface area contributed by atoms with Crippen LogP contribution < -0.4 is 10.1 Å². The Bertz CT molecular complexity index is 944. The van der Waals surface area contributed by atoms with Crippen molar-refractivity contribution in [1.29, 1.82) is 0 Å². The van der Waals surface area contributed by atoms with Crippen molar-refractivity contribution in [2.24, 2.45) is 5.10 Å². The molecule has 2 N–H and O–H groups in total. The molecule has 30 heavy (non-hydrogen) atoms. The van der Waals surface area contributed by atoms with Crippen molar-refractivity contribution in [2.75, 3.05) is 25.6 Å². The van der Waals surface area contributed by atoms with Crippen LogP contribution in [0, 0.1) is 0 Å². The number of hydrazone groups is 1. The Hall–Kier alpha value is -3.55. The van der Waals surface area contributed by atoms with Gasteiger partial charge < -0.3 is 19.9 Å². The maximum Gasteiger partial charge on any atom is 0.338 e. The van der Waals surface area contributed by atoms with Gasteiger partial charge in [0.2, 0.25) is 5.91 Å². The quantitative estimate of drug-likeness (QED) is 0.537. The summed E-state index contributed by atoms with van der Waals surface area (Å²) in [4.78, 5) is 24.7. The molecule has 0 aromatic heterocycles. The predicted octanol–water partition coefficient (Wildman–Crippen LogP) is 3.01. The summed E-state index contributed by atoms with van der Waals surface area (Å²) in [7, 11) is 1.48. The number of hydrogen-bond acceptors (Lipinski definition) is 7. The van der Waals surface area contributed by atoms with Gasteiger partial charge in [-0.05, 0) is 61.7 Å². The highest BCUT2D eigenvalue weighted by Gasteiger charge is 2.30. The number of phenols is 1. The van der Waals surface area contributed by atoms with Crippen LogP contribution in [0.15, 0.2) is 47.6 Å².